The van der Waals surface area contributed by atoms with E-state index < -0.39 is 5.60 Å². The van der Waals surface area contributed by atoms with E-state index in [1.165, 1.54) is 17.4 Å². The molecule has 2 aromatic rings. The molecule has 0 radical (unpaired) electrons. The smallest absolute Gasteiger partial charge is 0.315 e. The van der Waals surface area contributed by atoms with Gasteiger partial charge < -0.3 is 15.7 Å². The van der Waals surface area contributed by atoms with E-state index >= 15 is 0 Å². The van der Waals surface area contributed by atoms with E-state index in [-0.39, 0.29) is 24.4 Å². The van der Waals surface area contributed by atoms with Crippen molar-refractivity contribution < 1.29 is 14.3 Å². The van der Waals surface area contributed by atoms with Gasteiger partial charge in [-0.3, -0.25) is 0 Å². The maximum Gasteiger partial charge on any atom is 0.315 e. The molecule has 0 fully saturated rings. The second kappa shape index (κ2) is 6.91. The van der Waals surface area contributed by atoms with Gasteiger partial charge in [0.1, 0.15) is 11.4 Å². The molecule has 1 aromatic heterocycles. The Balaban J connectivity index is 1.60. The van der Waals surface area contributed by atoms with Crippen LogP contribution < -0.4 is 10.6 Å². The van der Waals surface area contributed by atoms with Crippen molar-refractivity contribution >= 4 is 17.4 Å². The molecule has 128 valence electrons. The lowest BCUT2D eigenvalue weighted by atomic mass is 9.87. The number of carbonyl (C=O) groups is 1. The van der Waals surface area contributed by atoms with E-state index in [2.05, 4.69) is 10.6 Å². The fraction of sp³-hybridized carbons (Fsp3) is 0.389. The van der Waals surface area contributed by atoms with E-state index in [9.17, 15) is 14.3 Å². The summed E-state index contributed by atoms with van der Waals surface area (Å²) in [4.78, 5) is 13.0. The molecule has 1 aliphatic carbocycles. The molecular weight excluding hydrogens is 327 g/mol. The molecule has 0 saturated carbocycles. The molecule has 1 aromatic carbocycles. The fourth-order valence-corrected chi connectivity index (χ4v) is 3.85. The molecule has 6 heteroatoms. The number of hydrogen-bond donors (Lipinski definition) is 3. The first-order valence-corrected chi connectivity index (χ1v) is 8.93. The molecule has 3 rings (SSSR count). The topological polar surface area (TPSA) is 61.4 Å². The van der Waals surface area contributed by atoms with Crippen LogP contribution in [-0.4, -0.2) is 17.7 Å². The molecule has 0 saturated heterocycles. The highest BCUT2D eigenvalue weighted by molar-refractivity contribution is 7.10. The predicted octanol–water partition coefficient (Wildman–Crippen LogP) is 3.47. The molecule has 0 aliphatic heterocycles. The van der Waals surface area contributed by atoms with E-state index in [0.717, 1.165) is 35.3 Å². The number of rotatable bonds is 4. The first-order valence-electron chi connectivity index (χ1n) is 8.05. The number of aliphatic hydroxyl groups is 1. The van der Waals surface area contributed by atoms with Crippen LogP contribution in [0.25, 0.3) is 0 Å². The molecule has 0 spiro atoms. The average molecular weight is 348 g/mol. The van der Waals surface area contributed by atoms with Crippen LogP contribution in [0.2, 0.25) is 0 Å². The Morgan fingerprint density at radius 3 is 3.04 bits per heavy atom. The Labute approximate surface area is 144 Å². The van der Waals surface area contributed by atoms with Crippen molar-refractivity contribution in [2.45, 2.75) is 37.8 Å². The van der Waals surface area contributed by atoms with Gasteiger partial charge in [0.25, 0.3) is 0 Å². The van der Waals surface area contributed by atoms with Crippen LogP contribution in [0.3, 0.4) is 0 Å². The summed E-state index contributed by atoms with van der Waals surface area (Å²) in [6.45, 7) is 1.81. The number of hydrogen-bond acceptors (Lipinski definition) is 3. The van der Waals surface area contributed by atoms with E-state index in [4.69, 9.17) is 0 Å². The summed E-state index contributed by atoms with van der Waals surface area (Å²) in [7, 11) is 0. The zero-order chi connectivity index (χ0) is 17.2. The normalized spacial score (nSPS) is 19.2. The van der Waals surface area contributed by atoms with Gasteiger partial charge in [-0.2, -0.15) is 0 Å². The minimum Gasteiger partial charge on any atom is -0.383 e. The van der Waals surface area contributed by atoms with Crippen LogP contribution in [0.1, 0.15) is 41.8 Å². The van der Waals surface area contributed by atoms with Gasteiger partial charge in [0.2, 0.25) is 0 Å². The van der Waals surface area contributed by atoms with Crippen LogP contribution in [-0.2, 0) is 12.0 Å². The van der Waals surface area contributed by atoms with Gasteiger partial charge in [-0.1, -0.05) is 12.1 Å². The quantitative estimate of drug-likeness (QED) is 0.792. The molecule has 2 unspecified atom stereocenters. The number of amides is 2. The zero-order valence-electron chi connectivity index (χ0n) is 13.5. The summed E-state index contributed by atoms with van der Waals surface area (Å²) in [6.07, 6.45) is 2.57. The Morgan fingerprint density at radius 1 is 1.46 bits per heavy atom. The lowest BCUT2D eigenvalue weighted by Gasteiger charge is -2.28. The van der Waals surface area contributed by atoms with Gasteiger partial charge in [-0.15, -0.1) is 11.3 Å². The third-order valence-corrected chi connectivity index (χ3v) is 5.49. The first kappa shape index (κ1) is 16.9. The second-order valence-electron chi connectivity index (χ2n) is 6.37. The molecule has 4 nitrogen and oxygen atoms in total. The maximum atomic E-state index is 13.3. The number of aryl methyl sites for hydroxylation is 1. The van der Waals surface area contributed by atoms with Crippen molar-refractivity contribution in [2.24, 2.45) is 0 Å². The molecule has 0 bridgehead atoms. The summed E-state index contributed by atoms with van der Waals surface area (Å²) >= 11 is 1.45. The highest BCUT2D eigenvalue weighted by Gasteiger charge is 2.26. The van der Waals surface area contributed by atoms with Crippen molar-refractivity contribution in [1.82, 2.24) is 10.6 Å². The third-order valence-electron chi connectivity index (χ3n) is 4.37. The largest absolute Gasteiger partial charge is 0.383 e. The molecule has 2 atom stereocenters. The summed E-state index contributed by atoms with van der Waals surface area (Å²) in [5, 5.41) is 18.0. The molecular formula is C18H21FN2O2S. The van der Waals surface area contributed by atoms with Gasteiger partial charge in [0, 0.05) is 4.88 Å². The zero-order valence-corrected chi connectivity index (χ0v) is 14.3. The van der Waals surface area contributed by atoms with Crippen LogP contribution in [0.15, 0.2) is 35.7 Å². The maximum absolute atomic E-state index is 13.3. The second-order valence-corrected chi connectivity index (χ2v) is 7.31. The van der Waals surface area contributed by atoms with E-state index in [1.54, 1.807) is 19.1 Å². The Kier molecular flexibility index (Phi) is 4.87. The molecule has 24 heavy (non-hydrogen) atoms. The van der Waals surface area contributed by atoms with Gasteiger partial charge in [0.15, 0.2) is 0 Å². The first-order chi connectivity index (χ1) is 11.5. The van der Waals surface area contributed by atoms with Crippen molar-refractivity contribution in [3.63, 3.8) is 0 Å². The lowest BCUT2D eigenvalue weighted by molar-refractivity contribution is 0.0630. The highest BCUT2D eigenvalue weighted by Crippen LogP contribution is 2.30. The van der Waals surface area contributed by atoms with Gasteiger partial charge in [0.05, 0.1) is 12.6 Å². The van der Waals surface area contributed by atoms with Gasteiger partial charge in [-0.05, 0) is 60.9 Å². The van der Waals surface area contributed by atoms with Crippen LogP contribution in [0.4, 0.5) is 9.18 Å². The van der Waals surface area contributed by atoms with E-state index in [0.29, 0.717) is 0 Å². The average Bonchev–Trinajstić information content (AvgIpc) is 3.08. The minimum absolute atomic E-state index is 0.124. The SMILES string of the molecule is CC(O)(CNC(=O)NC1CCCc2cc(F)ccc21)c1cccs1. The van der Waals surface area contributed by atoms with Crippen LogP contribution >= 0.6 is 11.3 Å². The molecule has 2 amide bonds. The van der Waals surface area contributed by atoms with Crippen molar-refractivity contribution in [1.29, 1.82) is 0 Å². The number of carbonyl (C=O) groups excluding carboxylic acids is 1. The number of thiophene rings is 1. The minimum atomic E-state index is -1.10. The standard InChI is InChI=1S/C18H21FN2O2S/c1-18(23,16-6-3-9-24-16)11-20-17(22)21-15-5-2-4-12-10-13(19)7-8-14(12)15/h3,6-10,15,23H,2,4-5,11H2,1H3,(H2,20,21,22). The van der Waals surface area contributed by atoms with Gasteiger partial charge in [-0.25, -0.2) is 9.18 Å². The van der Waals surface area contributed by atoms with Crippen molar-refractivity contribution in [3.8, 4) is 0 Å². The highest BCUT2D eigenvalue weighted by atomic mass is 32.1. The number of halogens is 1. The Hall–Kier alpha value is -1.92. The number of fused-ring (bicyclic) bond motifs is 1. The molecule has 1 aliphatic rings. The Bertz CT molecular complexity index is 716. The predicted molar refractivity (Wildman–Crippen MR) is 92.5 cm³/mol. The number of urea groups is 1. The van der Waals surface area contributed by atoms with Gasteiger partial charge >= 0.3 is 6.03 Å². The fourth-order valence-electron chi connectivity index (χ4n) is 3.07. The third kappa shape index (κ3) is 3.76. The van der Waals surface area contributed by atoms with Crippen LogP contribution in [0, 0.1) is 5.82 Å². The van der Waals surface area contributed by atoms with Crippen molar-refractivity contribution in [2.75, 3.05) is 6.54 Å². The summed E-state index contributed by atoms with van der Waals surface area (Å²) < 4.78 is 13.3. The lowest BCUT2D eigenvalue weighted by Crippen LogP contribution is -2.44. The monoisotopic (exact) mass is 348 g/mol. The number of benzene rings is 1. The van der Waals surface area contributed by atoms with E-state index in [1.807, 2.05) is 17.5 Å². The van der Waals surface area contributed by atoms with Crippen molar-refractivity contribution in [3.05, 3.63) is 57.5 Å². The molecule has 1 heterocycles. The summed E-state index contributed by atoms with van der Waals surface area (Å²) in [5.41, 5.74) is 0.832. The molecule has 3 N–H and O–H groups in total. The summed E-state index contributed by atoms with van der Waals surface area (Å²) in [5.74, 6) is -0.245. The Morgan fingerprint density at radius 2 is 2.29 bits per heavy atom. The summed E-state index contributed by atoms with van der Waals surface area (Å²) in [6, 6.07) is 7.98. The number of nitrogens with one attached hydrogen (secondary N) is 2. The van der Waals surface area contributed by atoms with Crippen LogP contribution in [0.5, 0.6) is 0 Å².